The molecule has 136 valence electrons. The maximum absolute atomic E-state index is 13.0. The van der Waals surface area contributed by atoms with Crippen LogP contribution in [0.25, 0.3) is 11.0 Å². The van der Waals surface area contributed by atoms with E-state index in [0.717, 1.165) is 24.2 Å². The van der Waals surface area contributed by atoms with Gasteiger partial charge in [-0.05, 0) is 38.0 Å². The SMILES string of the molecule is Cc1ccc(S(=O)(=O)n2ccc3c(N(C)[C@H]4C[C@@H](N)C4)ncnc32)cc1. The third-order valence-corrected chi connectivity index (χ3v) is 6.72. The molecule has 3 aromatic rings. The van der Waals surface area contributed by atoms with Crippen LogP contribution >= 0.6 is 0 Å². The maximum atomic E-state index is 13.0. The minimum Gasteiger partial charge on any atom is -0.356 e. The molecule has 0 bridgehead atoms. The molecule has 1 aliphatic carbocycles. The van der Waals surface area contributed by atoms with Crippen LogP contribution in [-0.4, -0.2) is 41.5 Å². The summed E-state index contributed by atoms with van der Waals surface area (Å²) in [5, 5.41) is 0.714. The Balaban J connectivity index is 1.78. The fraction of sp³-hybridized carbons (Fsp3) is 0.333. The van der Waals surface area contributed by atoms with Gasteiger partial charge in [-0.3, -0.25) is 0 Å². The summed E-state index contributed by atoms with van der Waals surface area (Å²) in [5.74, 6) is 0.727. The zero-order valence-corrected chi connectivity index (χ0v) is 15.5. The second-order valence-corrected chi connectivity index (χ2v) is 8.68. The molecule has 1 aromatic carbocycles. The number of rotatable bonds is 4. The van der Waals surface area contributed by atoms with Gasteiger partial charge in [0.2, 0.25) is 0 Å². The van der Waals surface area contributed by atoms with Gasteiger partial charge in [0.05, 0.1) is 10.3 Å². The number of aryl methyl sites for hydroxylation is 1. The van der Waals surface area contributed by atoms with Gasteiger partial charge in [0, 0.05) is 25.3 Å². The Morgan fingerprint density at radius 3 is 2.50 bits per heavy atom. The summed E-state index contributed by atoms with van der Waals surface area (Å²) in [5.41, 5.74) is 7.28. The fourth-order valence-electron chi connectivity index (χ4n) is 3.33. The van der Waals surface area contributed by atoms with Gasteiger partial charge in [-0.25, -0.2) is 22.4 Å². The Bertz CT molecular complexity index is 1050. The third-order valence-electron chi connectivity index (χ3n) is 5.04. The highest BCUT2D eigenvalue weighted by Crippen LogP contribution is 2.31. The molecule has 0 unspecified atom stereocenters. The minimum absolute atomic E-state index is 0.228. The van der Waals surface area contributed by atoms with Crippen LogP contribution in [0.5, 0.6) is 0 Å². The van der Waals surface area contributed by atoms with Crippen molar-refractivity contribution in [2.45, 2.75) is 36.7 Å². The van der Waals surface area contributed by atoms with Crippen molar-refractivity contribution in [3.8, 4) is 0 Å². The van der Waals surface area contributed by atoms with Crippen molar-refractivity contribution >= 4 is 26.9 Å². The first kappa shape index (κ1) is 17.0. The largest absolute Gasteiger partial charge is 0.356 e. The van der Waals surface area contributed by atoms with E-state index < -0.39 is 10.0 Å². The molecule has 0 amide bonds. The lowest BCUT2D eigenvalue weighted by atomic mass is 9.86. The highest BCUT2D eigenvalue weighted by atomic mass is 32.2. The molecule has 1 saturated carbocycles. The van der Waals surface area contributed by atoms with Crippen LogP contribution in [0.15, 0.2) is 47.8 Å². The molecule has 8 heteroatoms. The van der Waals surface area contributed by atoms with E-state index in [-0.39, 0.29) is 10.9 Å². The lowest BCUT2D eigenvalue weighted by Crippen LogP contribution is -2.49. The molecule has 4 rings (SSSR count). The van der Waals surface area contributed by atoms with E-state index in [4.69, 9.17) is 5.73 Å². The number of nitrogens with zero attached hydrogens (tertiary/aromatic N) is 4. The number of benzene rings is 1. The highest BCUT2D eigenvalue weighted by molar-refractivity contribution is 7.90. The average Bonchev–Trinajstić information content (AvgIpc) is 3.03. The van der Waals surface area contributed by atoms with Crippen molar-refractivity contribution in [1.29, 1.82) is 0 Å². The monoisotopic (exact) mass is 371 g/mol. The first-order valence-corrected chi connectivity index (χ1v) is 9.94. The Morgan fingerprint density at radius 2 is 1.85 bits per heavy atom. The topological polar surface area (TPSA) is 94.1 Å². The molecule has 26 heavy (non-hydrogen) atoms. The van der Waals surface area contributed by atoms with Gasteiger partial charge in [-0.15, -0.1) is 0 Å². The van der Waals surface area contributed by atoms with E-state index in [1.165, 1.54) is 10.3 Å². The van der Waals surface area contributed by atoms with Gasteiger partial charge in [-0.2, -0.15) is 0 Å². The fourth-order valence-corrected chi connectivity index (χ4v) is 4.63. The highest BCUT2D eigenvalue weighted by Gasteiger charge is 2.31. The molecular weight excluding hydrogens is 350 g/mol. The van der Waals surface area contributed by atoms with Crippen LogP contribution in [0.3, 0.4) is 0 Å². The summed E-state index contributed by atoms with van der Waals surface area (Å²) in [6, 6.07) is 9.09. The Morgan fingerprint density at radius 1 is 1.15 bits per heavy atom. The predicted octanol–water partition coefficient (Wildman–Crippen LogP) is 1.90. The van der Waals surface area contributed by atoms with Crippen molar-refractivity contribution in [3.63, 3.8) is 0 Å². The smallest absolute Gasteiger partial charge is 0.269 e. The van der Waals surface area contributed by atoms with Crippen LogP contribution in [0, 0.1) is 6.92 Å². The van der Waals surface area contributed by atoms with Gasteiger partial charge in [-0.1, -0.05) is 17.7 Å². The number of aromatic nitrogens is 3. The van der Waals surface area contributed by atoms with Crippen molar-refractivity contribution in [2.24, 2.45) is 5.73 Å². The summed E-state index contributed by atoms with van der Waals surface area (Å²) < 4.78 is 27.3. The number of hydrogen-bond acceptors (Lipinski definition) is 6. The second-order valence-electron chi connectivity index (χ2n) is 6.86. The predicted molar refractivity (Wildman–Crippen MR) is 101 cm³/mol. The molecule has 0 saturated heterocycles. The van der Waals surface area contributed by atoms with E-state index in [2.05, 4.69) is 14.9 Å². The second kappa shape index (κ2) is 6.07. The first-order chi connectivity index (χ1) is 12.4. The number of anilines is 1. The van der Waals surface area contributed by atoms with E-state index in [0.29, 0.717) is 17.1 Å². The number of hydrogen-bond donors (Lipinski definition) is 1. The van der Waals surface area contributed by atoms with Crippen LogP contribution in [0.4, 0.5) is 5.82 Å². The van der Waals surface area contributed by atoms with E-state index in [1.54, 1.807) is 36.5 Å². The van der Waals surface area contributed by atoms with Crippen LogP contribution < -0.4 is 10.6 Å². The molecule has 2 N–H and O–H groups in total. The van der Waals surface area contributed by atoms with Gasteiger partial charge in [0.25, 0.3) is 10.0 Å². The van der Waals surface area contributed by atoms with Crippen LogP contribution in [0.1, 0.15) is 18.4 Å². The molecule has 0 aliphatic heterocycles. The Hall–Kier alpha value is -2.45. The lowest BCUT2D eigenvalue weighted by Gasteiger charge is -2.40. The lowest BCUT2D eigenvalue weighted by molar-refractivity contribution is 0.339. The summed E-state index contributed by atoms with van der Waals surface area (Å²) in [4.78, 5) is 10.9. The summed E-state index contributed by atoms with van der Waals surface area (Å²) >= 11 is 0. The number of fused-ring (bicyclic) bond motifs is 1. The van der Waals surface area contributed by atoms with E-state index in [9.17, 15) is 8.42 Å². The maximum Gasteiger partial charge on any atom is 0.269 e. The standard InChI is InChI=1S/C18H21N5O2S/c1-12-3-5-15(6-4-12)26(24,25)23-8-7-16-17(20-11-21-18(16)23)22(2)14-9-13(19)10-14/h3-8,11,13-14H,9-10,19H2,1-2H3/t13-,14+. The van der Waals surface area contributed by atoms with Gasteiger partial charge in [0.15, 0.2) is 5.65 Å². The zero-order valence-electron chi connectivity index (χ0n) is 14.7. The van der Waals surface area contributed by atoms with Crippen LogP contribution in [0.2, 0.25) is 0 Å². The molecule has 1 aliphatic rings. The molecule has 2 aromatic heterocycles. The molecule has 1 fully saturated rings. The summed E-state index contributed by atoms with van der Waals surface area (Å²) in [6.07, 6.45) is 4.76. The van der Waals surface area contributed by atoms with Crippen molar-refractivity contribution in [2.75, 3.05) is 11.9 Å². The Labute approximate surface area is 152 Å². The molecule has 7 nitrogen and oxygen atoms in total. The average molecular weight is 371 g/mol. The molecule has 0 spiro atoms. The molecule has 0 atom stereocenters. The van der Waals surface area contributed by atoms with E-state index in [1.807, 2.05) is 14.0 Å². The van der Waals surface area contributed by atoms with Gasteiger partial charge in [0.1, 0.15) is 12.1 Å². The van der Waals surface area contributed by atoms with Crippen molar-refractivity contribution < 1.29 is 8.42 Å². The quantitative estimate of drug-likeness (QED) is 0.753. The minimum atomic E-state index is -3.71. The first-order valence-electron chi connectivity index (χ1n) is 8.50. The van der Waals surface area contributed by atoms with Gasteiger partial charge >= 0.3 is 0 Å². The van der Waals surface area contributed by atoms with Gasteiger partial charge < -0.3 is 10.6 Å². The van der Waals surface area contributed by atoms with Crippen molar-refractivity contribution in [3.05, 3.63) is 48.4 Å². The number of nitrogens with two attached hydrogens (primary N) is 1. The third kappa shape index (κ3) is 2.65. The molecular formula is C18H21N5O2S. The van der Waals surface area contributed by atoms with E-state index >= 15 is 0 Å². The Kier molecular flexibility index (Phi) is 3.96. The normalized spacial score (nSPS) is 20.1. The zero-order chi connectivity index (χ0) is 18.5. The van der Waals surface area contributed by atoms with Crippen molar-refractivity contribution in [1.82, 2.24) is 13.9 Å². The molecule has 2 heterocycles. The summed E-state index contributed by atoms with van der Waals surface area (Å²) in [6.45, 7) is 1.92. The summed E-state index contributed by atoms with van der Waals surface area (Å²) in [7, 11) is -1.75. The van der Waals surface area contributed by atoms with Crippen LogP contribution in [-0.2, 0) is 10.0 Å². The molecule has 0 radical (unpaired) electrons.